The Morgan fingerprint density at radius 2 is 1.87 bits per heavy atom. The molecule has 0 saturated carbocycles. The first-order valence-corrected chi connectivity index (χ1v) is 9.36. The zero-order valence-electron chi connectivity index (χ0n) is 16.1. The molecule has 0 aliphatic rings. The van der Waals surface area contributed by atoms with Crippen molar-refractivity contribution in [1.82, 2.24) is 10.1 Å². The Balaban J connectivity index is 1.34. The van der Waals surface area contributed by atoms with Gasteiger partial charge in [-0.15, -0.1) is 0 Å². The Hall–Kier alpha value is -4.13. The lowest BCUT2D eigenvalue weighted by Crippen LogP contribution is -2.14. The van der Waals surface area contributed by atoms with Gasteiger partial charge in [0.05, 0.1) is 0 Å². The van der Waals surface area contributed by atoms with Gasteiger partial charge in [0.2, 0.25) is 0 Å². The zero-order chi connectivity index (χ0) is 20.6. The van der Waals surface area contributed by atoms with E-state index in [1.54, 1.807) is 18.5 Å². The minimum atomic E-state index is 0.123. The first-order chi connectivity index (χ1) is 14.8. The van der Waals surface area contributed by atoms with E-state index in [0.717, 1.165) is 16.8 Å². The highest BCUT2D eigenvalue weighted by molar-refractivity contribution is 5.97. The van der Waals surface area contributed by atoms with E-state index in [-0.39, 0.29) is 12.4 Å². The number of nitrogens with zero attached hydrogens (tertiary/aromatic N) is 3. The third-order valence-electron chi connectivity index (χ3n) is 4.26. The molecule has 0 aliphatic heterocycles. The van der Waals surface area contributed by atoms with Crippen LogP contribution in [0.15, 0.2) is 94.9 Å². The third-order valence-corrected chi connectivity index (χ3v) is 4.26. The number of hydrogen-bond donors (Lipinski definition) is 1. The number of amidine groups is 1. The van der Waals surface area contributed by atoms with Gasteiger partial charge >= 0.3 is 0 Å². The Morgan fingerprint density at radius 3 is 2.70 bits per heavy atom. The highest BCUT2D eigenvalue weighted by atomic mass is 16.6. The van der Waals surface area contributed by atoms with Crippen molar-refractivity contribution in [2.45, 2.75) is 13.2 Å². The Kier molecular flexibility index (Phi) is 6.00. The van der Waals surface area contributed by atoms with Crippen molar-refractivity contribution in [3.63, 3.8) is 0 Å². The minimum absolute atomic E-state index is 0.123. The van der Waals surface area contributed by atoms with E-state index >= 15 is 0 Å². The zero-order valence-corrected chi connectivity index (χ0v) is 16.1. The van der Waals surface area contributed by atoms with Crippen LogP contribution >= 0.6 is 0 Å². The molecule has 2 heterocycles. The van der Waals surface area contributed by atoms with Gasteiger partial charge in [0.15, 0.2) is 18.2 Å². The Bertz CT molecular complexity index is 1110. The van der Waals surface area contributed by atoms with Crippen LogP contribution in [0.3, 0.4) is 0 Å². The molecular formula is C23H20N4O3. The largest absolute Gasteiger partial charge is 0.489 e. The number of rotatable bonds is 8. The summed E-state index contributed by atoms with van der Waals surface area (Å²) in [6.07, 6.45) is 3.49. The van der Waals surface area contributed by atoms with Crippen LogP contribution < -0.4 is 10.5 Å². The monoisotopic (exact) mass is 400 g/mol. The summed E-state index contributed by atoms with van der Waals surface area (Å²) in [5, 5.41) is 8.02. The van der Waals surface area contributed by atoms with E-state index in [1.807, 2.05) is 66.7 Å². The summed E-state index contributed by atoms with van der Waals surface area (Å²) in [5.74, 6) is 1.47. The number of nitrogens with two attached hydrogens (primary N) is 1. The second kappa shape index (κ2) is 9.38. The van der Waals surface area contributed by atoms with E-state index in [2.05, 4.69) is 15.3 Å². The first kappa shape index (κ1) is 19.2. The first-order valence-electron chi connectivity index (χ1n) is 9.36. The molecular weight excluding hydrogens is 380 g/mol. The van der Waals surface area contributed by atoms with E-state index < -0.39 is 0 Å². The third kappa shape index (κ3) is 5.02. The molecule has 0 atom stereocenters. The summed E-state index contributed by atoms with van der Waals surface area (Å²) in [6.45, 7) is 0.539. The molecule has 0 bridgehead atoms. The highest BCUT2D eigenvalue weighted by Gasteiger charge is 2.07. The predicted molar refractivity (Wildman–Crippen MR) is 112 cm³/mol. The fourth-order valence-corrected chi connectivity index (χ4v) is 2.74. The molecule has 150 valence electrons. The van der Waals surface area contributed by atoms with Gasteiger partial charge in [-0.25, -0.2) is 0 Å². The molecule has 4 aromatic rings. The summed E-state index contributed by atoms with van der Waals surface area (Å²) < 4.78 is 11.1. The van der Waals surface area contributed by atoms with Crippen molar-refractivity contribution in [3.05, 3.63) is 102 Å². The fraction of sp³-hybridized carbons (Fsp3) is 0.0870. The van der Waals surface area contributed by atoms with Crippen LogP contribution in [0.2, 0.25) is 0 Å². The van der Waals surface area contributed by atoms with Crippen molar-refractivity contribution in [1.29, 1.82) is 0 Å². The van der Waals surface area contributed by atoms with E-state index in [4.69, 9.17) is 19.8 Å². The summed E-state index contributed by atoms with van der Waals surface area (Å²) in [4.78, 5) is 9.41. The number of hydrogen-bond acceptors (Lipinski definition) is 6. The molecule has 0 aliphatic carbocycles. The van der Waals surface area contributed by atoms with Gasteiger partial charge in [0.25, 0.3) is 0 Å². The van der Waals surface area contributed by atoms with Gasteiger partial charge in [-0.05, 0) is 18.2 Å². The standard InChI is InChI=1S/C23H20N4O3/c24-23(19-9-4-10-20(12-19)28-15-17-6-5-11-25-14-17)27-29-16-21-13-22(26-30-21)18-7-2-1-3-8-18/h1-14H,15-16H2,(H2,24,27). The van der Waals surface area contributed by atoms with Crippen molar-refractivity contribution < 1.29 is 14.1 Å². The van der Waals surface area contributed by atoms with Gasteiger partial charge in [0, 0.05) is 35.2 Å². The van der Waals surface area contributed by atoms with Crippen LogP contribution in [0.1, 0.15) is 16.9 Å². The van der Waals surface area contributed by atoms with E-state index in [1.165, 1.54) is 0 Å². The normalized spacial score (nSPS) is 11.3. The maximum Gasteiger partial charge on any atom is 0.177 e. The second-order valence-electron chi connectivity index (χ2n) is 6.47. The van der Waals surface area contributed by atoms with Gasteiger partial charge < -0.3 is 19.8 Å². The van der Waals surface area contributed by atoms with Crippen molar-refractivity contribution >= 4 is 5.84 Å². The van der Waals surface area contributed by atoms with Gasteiger partial charge in [-0.3, -0.25) is 4.98 Å². The number of aromatic nitrogens is 2. The number of oxime groups is 1. The van der Waals surface area contributed by atoms with Crippen LogP contribution in [0.5, 0.6) is 5.75 Å². The quantitative estimate of drug-likeness (QED) is 0.271. The van der Waals surface area contributed by atoms with Crippen molar-refractivity contribution in [2.75, 3.05) is 0 Å². The lowest BCUT2D eigenvalue weighted by atomic mass is 10.1. The number of pyridine rings is 1. The molecule has 2 aromatic heterocycles. The van der Waals surface area contributed by atoms with Crippen LogP contribution in [0.25, 0.3) is 11.3 Å². The van der Waals surface area contributed by atoms with E-state index in [0.29, 0.717) is 23.7 Å². The molecule has 4 rings (SSSR count). The molecule has 7 nitrogen and oxygen atoms in total. The molecule has 2 aromatic carbocycles. The van der Waals surface area contributed by atoms with Gasteiger partial charge in [-0.2, -0.15) is 0 Å². The summed E-state index contributed by atoms with van der Waals surface area (Å²) in [6, 6.07) is 22.7. The number of benzene rings is 2. The molecule has 0 unspecified atom stereocenters. The maximum atomic E-state index is 6.04. The average Bonchev–Trinajstić information content (AvgIpc) is 3.28. The van der Waals surface area contributed by atoms with Gasteiger partial charge in [-0.1, -0.05) is 58.8 Å². The summed E-state index contributed by atoms with van der Waals surface area (Å²) in [5.41, 5.74) is 9.43. The molecule has 0 radical (unpaired) electrons. The average molecular weight is 400 g/mol. The van der Waals surface area contributed by atoms with Crippen LogP contribution in [0, 0.1) is 0 Å². The SMILES string of the molecule is N/C(=N/OCc1cc(-c2ccccc2)no1)c1cccc(OCc2cccnc2)c1. The number of ether oxygens (including phenoxy) is 1. The molecule has 7 heteroatoms. The smallest absolute Gasteiger partial charge is 0.177 e. The molecule has 0 saturated heterocycles. The van der Waals surface area contributed by atoms with Crippen molar-refractivity contribution in [3.8, 4) is 17.0 Å². The Labute approximate surface area is 173 Å². The lowest BCUT2D eigenvalue weighted by molar-refractivity contribution is 0.109. The van der Waals surface area contributed by atoms with Crippen LogP contribution in [-0.2, 0) is 18.1 Å². The Morgan fingerprint density at radius 1 is 0.967 bits per heavy atom. The highest BCUT2D eigenvalue weighted by Crippen LogP contribution is 2.19. The summed E-state index contributed by atoms with van der Waals surface area (Å²) in [7, 11) is 0. The molecule has 0 fully saturated rings. The van der Waals surface area contributed by atoms with Crippen LogP contribution in [-0.4, -0.2) is 16.0 Å². The molecule has 0 spiro atoms. The maximum absolute atomic E-state index is 6.04. The molecule has 2 N–H and O–H groups in total. The van der Waals surface area contributed by atoms with E-state index in [9.17, 15) is 0 Å². The minimum Gasteiger partial charge on any atom is -0.489 e. The topological polar surface area (TPSA) is 95.8 Å². The summed E-state index contributed by atoms with van der Waals surface area (Å²) >= 11 is 0. The van der Waals surface area contributed by atoms with Gasteiger partial charge in [0.1, 0.15) is 18.1 Å². The molecule has 30 heavy (non-hydrogen) atoms. The van der Waals surface area contributed by atoms with Crippen LogP contribution in [0.4, 0.5) is 0 Å². The second-order valence-corrected chi connectivity index (χ2v) is 6.47. The molecule has 0 amide bonds. The fourth-order valence-electron chi connectivity index (χ4n) is 2.74. The van der Waals surface area contributed by atoms with Crippen molar-refractivity contribution in [2.24, 2.45) is 10.9 Å². The predicted octanol–water partition coefficient (Wildman–Crippen LogP) is 4.15. The lowest BCUT2D eigenvalue weighted by Gasteiger charge is -2.07.